The summed E-state index contributed by atoms with van der Waals surface area (Å²) in [5, 5.41) is 2.77. The molecule has 0 bridgehead atoms. The highest BCUT2D eigenvalue weighted by Gasteiger charge is 2.13. The predicted molar refractivity (Wildman–Crippen MR) is 84.5 cm³/mol. The van der Waals surface area contributed by atoms with E-state index in [1.165, 1.54) is 20.4 Å². The van der Waals surface area contributed by atoms with Crippen molar-refractivity contribution in [3.8, 4) is 5.75 Å². The molecule has 2 aromatic rings. The molecular formula is C17H18N2O4. The lowest BCUT2D eigenvalue weighted by molar-refractivity contribution is 0.0600. The molecule has 0 aliphatic heterocycles. The maximum atomic E-state index is 12.3. The first-order valence-corrected chi connectivity index (χ1v) is 7.01. The van der Waals surface area contributed by atoms with E-state index in [9.17, 15) is 9.59 Å². The quantitative estimate of drug-likeness (QED) is 0.855. The summed E-state index contributed by atoms with van der Waals surface area (Å²) in [6, 6.07) is 8.52. The highest BCUT2D eigenvalue weighted by molar-refractivity contribution is 5.97. The SMILES string of the molecule is COC(=O)c1ccnc(CNC(=O)c2cc(C)ccc2OC)c1. The highest BCUT2D eigenvalue weighted by Crippen LogP contribution is 2.19. The normalized spacial score (nSPS) is 10.0. The van der Waals surface area contributed by atoms with Crippen LogP contribution in [-0.4, -0.2) is 31.1 Å². The third-order valence-corrected chi connectivity index (χ3v) is 3.27. The van der Waals surface area contributed by atoms with Crippen LogP contribution in [0, 0.1) is 6.92 Å². The van der Waals surface area contributed by atoms with Crippen LogP contribution in [0.2, 0.25) is 0 Å². The molecule has 0 unspecified atom stereocenters. The van der Waals surface area contributed by atoms with E-state index in [2.05, 4.69) is 15.0 Å². The molecule has 6 heteroatoms. The Bertz CT molecular complexity index is 728. The van der Waals surface area contributed by atoms with Crippen LogP contribution in [0.4, 0.5) is 0 Å². The third kappa shape index (κ3) is 4.06. The van der Waals surface area contributed by atoms with Gasteiger partial charge in [-0.1, -0.05) is 11.6 Å². The van der Waals surface area contributed by atoms with E-state index >= 15 is 0 Å². The van der Waals surface area contributed by atoms with Gasteiger partial charge >= 0.3 is 5.97 Å². The number of esters is 1. The molecule has 0 saturated heterocycles. The molecule has 1 heterocycles. The number of hydrogen-bond donors (Lipinski definition) is 1. The van der Waals surface area contributed by atoms with Gasteiger partial charge in [-0.3, -0.25) is 9.78 Å². The van der Waals surface area contributed by atoms with Gasteiger partial charge in [-0.25, -0.2) is 4.79 Å². The zero-order valence-electron chi connectivity index (χ0n) is 13.3. The molecule has 1 amide bonds. The summed E-state index contributed by atoms with van der Waals surface area (Å²) in [6.45, 7) is 2.10. The van der Waals surface area contributed by atoms with Crippen molar-refractivity contribution in [1.29, 1.82) is 0 Å². The van der Waals surface area contributed by atoms with Crippen molar-refractivity contribution < 1.29 is 19.1 Å². The number of nitrogens with one attached hydrogen (secondary N) is 1. The lowest BCUT2D eigenvalue weighted by Crippen LogP contribution is -2.24. The van der Waals surface area contributed by atoms with Crippen molar-refractivity contribution in [1.82, 2.24) is 10.3 Å². The molecule has 1 aromatic carbocycles. The van der Waals surface area contributed by atoms with E-state index in [1.54, 1.807) is 24.3 Å². The predicted octanol–water partition coefficient (Wildman–Crippen LogP) is 2.12. The van der Waals surface area contributed by atoms with Gasteiger partial charge in [-0.15, -0.1) is 0 Å². The van der Waals surface area contributed by atoms with Crippen LogP contribution in [0.25, 0.3) is 0 Å². The Labute approximate surface area is 134 Å². The average molecular weight is 314 g/mol. The Hall–Kier alpha value is -2.89. The number of methoxy groups -OCH3 is 2. The average Bonchev–Trinajstić information content (AvgIpc) is 2.59. The molecule has 23 heavy (non-hydrogen) atoms. The number of ether oxygens (including phenoxy) is 2. The number of carbonyl (C=O) groups excluding carboxylic acids is 2. The van der Waals surface area contributed by atoms with Crippen molar-refractivity contribution in [3.05, 3.63) is 58.9 Å². The minimum atomic E-state index is -0.444. The van der Waals surface area contributed by atoms with Crippen molar-refractivity contribution in [2.45, 2.75) is 13.5 Å². The number of amides is 1. The lowest BCUT2D eigenvalue weighted by Gasteiger charge is -2.10. The van der Waals surface area contributed by atoms with Crippen LogP contribution in [0.15, 0.2) is 36.5 Å². The number of pyridine rings is 1. The van der Waals surface area contributed by atoms with Gasteiger partial charge in [-0.05, 0) is 31.2 Å². The Morgan fingerprint density at radius 2 is 1.96 bits per heavy atom. The molecule has 0 aliphatic rings. The zero-order chi connectivity index (χ0) is 16.8. The maximum Gasteiger partial charge on any atom is 0.337 e. The lowest BCUT2D eigenvalue weighted by atomic mass is 10.1. The first kappa shape index (κ1) is 16.5. The summed E-state index contributed by atoms with van der Waals surface area (Å²) in [7, 11) is 2.83. The van der Waals surface area contributed by atoms with Crippen LogP contribution in [-0.2, 0) is 11.3 Å². The number of aryl methyl sites for hydroxylation is 1. The van der Waals surface area contributed by atoms with Crippen LogP contribution in [0.1, 0.15) is 32.0 Å². The second-order valence-electron chi connectivity index (χ2n) is 4.91. The number of hydrogen-bond acceptors (Lipinski definition) is 5. The Morgan fingerprint density at radius 3 is 2.65 bits per heavy atom. The van der Waals surface area contributed by atoms with Crippen molar-refractivity contribution >= 4 is 11.9 Å². The number of rotatable bonds is 5. The van der Waals surface area contributed by atoms with Gasteiger partial charge in [0.1, 0.15) is 5.75 Å². The largest absolute Gasteiger partial charge is 0.496 e. The molecule has 0 saturated carbocycles. The summed E-state index contributed by atoms with van der Waals surface area (Å²) < 4.78 is 9.86. The van der Waals surface area contributed by atoms with Crippen LogP contribution in [0.5, 0.6) is 5.75 Å². The fraction of sp³-hybridized carbons (Fsp3) is 0.235. The number of aromatic nitrogens is 1. The summed E-state index contributed by atoms with van der Waals surface area (Å²) in [5.41, 5.74) is 2.37. The minimum absolute atomic E-state index is 0.195. The number of benzene rings is 1. The summed E-state index contributed by atoms with van der Waals surface area (Å²) in [5.74, 6) is -0.208. The van der Waals surface area contributed by atoms with E-state index in [4.69, 9.17) is 4.74 Å². The van der Waals surface area contributed by atoms with E-state index < -0.39 is 5.97 Å². The first-order valence-electron chi connectivity index (χ1n) is 7.01. The maximum absolute atomic E-state index is 12.3. The van der Waals surface area contributed by atoms with Crippen molar-refractivity contribution in [3.63, 3.8) is 0 Å². The molecule has 2 rings (SSSR count). The Kier molecular flexibility index (Phi) is 5.30. The van der Waals surface area contributed by atoms with E-state index in [0.717, 1.165) is 5.56 Å². The smallest absolute Gasteiger partial charge is 0.337 e. The van der Waals surface area contributed by atoms with Crippen molar-refractivity contribution in [2.75, 3.05) is 14.2 Å². The molecule has 0 spiro atoms. The molecule has 0 radical (unpaired) electrons. The third-order valence-electron chi connectivity index (χ3n) is 3.27. The van der Waals surface area contributed by atoms with Crippen LogP contribution < -0.4 is 10.1 Å². The van der Waals surface area contributed by atoms with E-state index in [-0.39, 0.29) is 12.5 Å². The molecule has 6 nitrogen and oxygen atoms in total. The minimum Gasteiger partial charge on any atom is -0.496 e. The molecule has 0 atom stereocenters. The van der Waals surface area contributed by atoms with Crippen LogP contribution in [0.3, 0.4) is 0 Å². The Morgan fingerprint density at radius 1 is 1.17 bits per heavy atom. The second kappa shape index (κ2) is 7.40. The molecular weight excluding hydrogens is 296 g/mol. The molecule has 1 aromatic heterocycles. The molecule has 0 fully saturated rings. The molecule has 1 N–H and O–H groups in total. The van der Waals surface area contributed by atoms with Gasteiger partial charge in [0, 0.05) is 6.20 Å². The van der Waals surface area contributed by atoms with Gasteiger partial charge < -0.3 is 14.8 Å². The topological polar surface area (TPSA) is 77.5 Å². The summed E-state index contributed by atoms with van der Waals surface area (Å²) in [6.07, 6.45) is 1.50. The van der Waals surface area contributed by atoms with Crippen LogP contribution >= 0.6 is 0 Å². The summed E-state index contributed by atoms with van der Waals surface area (Å²) in [4.78, 5) is 27.9. The van der Waals surface area contributed by atoms with Gasteiger partial charge in [0.05, 0.1) is 37.6 Å². The second-order valence-corrected chi connectivity index (χ2v) is 4.91. The highest BCUT2D eigenvalue weighted by atomic mass is 16.5. The summed E-state index contributed by atoms with van der Waals surface area (Å²) >= 11 is 0. The monoisotopic (exact) mass is 314 g/mol. The fourth-order valence-electron chi connectivity index (χ4n) is 2.09. The molecule has 120 valence electrons. The zero-order valence-corrected chi connectivity index (χ0v) is 13.3. The van der Waals surface area contributed by atoms with Gasteiger partial charge in [0.15, 0.2) is 0 Å². The van der Waals surface area contributed by atoms with E-state index in [0.29, 0.717) is 22.6 Å². The Balaban J connectivity index is 2.10. The van der Waals surface area contributed by atoms with E-state index in [1.807, 2.05) is 13.0 Å². The number of nitrogens with zero attached hydrogens (tertiary/aromatic N) is 1. The van der Waals surface area contributed by atoms with Crippen molar-refractivity contribution in [2.24, 2.45) is 0 Å². The molecule has 0 aliphatic carbocycles. The first-order chi connectivity index (χ1) is 11.0. The fourth-order valence-corrected chi connectivity index (χ4v) is 2.09. The van der Waals surface area contributed by atoms with Gasteiger partial charge in [-0.2, -0.15) is 0 Å². The van der Waals surface area contributed by atoms with Gasteiger partial charge in [0.2, 0.25) is 0 Å². The number of carbonyl (C=O) groups is 2. The van der Waals surface area contributed by atoms with Gasteiger partial charge in [0.25, 0.3) is 5.91 Å². The standard InChI is InChI=1S/C17H18N2O4/c1-11-4-5-15(22-2)14(8-11)16(20)19-10-13-9-12(6-7-18-13)17(21)23-3/h4-9H,10H2,1-3H3,(H,19,20).